The first-order chi connectivity index (χ1) is 39.0. The fraction of sp³-hybridized carbons (Fsp3) is 0.617. The van der Waals surface area contributed by atoms with E-state index >= 15 is 0 Å². The van der Waals surface area contributed by atoms with Crippen LogP contribution in [-0.4, -0.2) is 0 Å². The smallest absolute Gasteiger partial charge is 0.123 e. The lowest BCUT2D eigenvalue weighted by atomic mass is 9.75. The Morgan fingerprint density at radius 3 is 0.847 bits per heavy atom. The number of hydrogen-bond donors (Lipinski definition) is 0. The zero-order valence-electron chi connectivity index (χ0n) is 58.9. The summed E-state index contributed by atoms with van der Waals surface area (Å²) in [7, 11) is 0. The van der Waals surface area contributed by atoms with Gasteiger partial charge in [-0.05, 0) is 270 Å². The molecule has 5 aromatic carbocycles. The summed E-state index contributed by atoms with van der Waals surface area (Å²) < 4.78 is 27.5. The minimum absolute atomic E-state index is 0.0261. The molecule has 0 saturated heterocycles. The second-order valence-electron chi connectivity index (χ2n) is 33.2. The summed E-state index contributed by atoms with van der Waals surface area (Å²) >= 11 is 6.26. The van der Waals surface area contributed by atoms with Gasteiger partial charge in [-0.1, -0.05) is 217 Å². The van der Waals surface area contributed by atoms with Gasteiger partial charge in [0.05, 0.1) is 11.6 Å². The van der Waals surface area contributed by atoms with E-state index in [-0.39, 0.29) is 33.3 Å². The van der Waals surface area contributed by atoms with E-state index in [0.29, 0.717) is 52.8 Å². The zero-order valence-corrected chi connectivity index (χ0v) is 59.6. The van der Waals surface area contributed by atoms with E-state index in [9.17, 15) is 14.0 Å². The first-order valence-electron chi connectivity index (χ1n) is 33.2. The summed E-state index contributed by atoms with van der Waals surface area (Å²) in [5.41, 5.74) is 22.4. The van der Waals surface area contributed by atoms with Crippen molar-refractivity contribution in [1.29, 1.82) is 5.26 Å². The standard InChI is InChI=1S/C17H25N.C16H25Cl.C16H21F.C16H25F.C16H22/c1-11(2)14-8-13(10-18)9-15(12(3)4)16(14)17(5,6)7;1-10(2)13-8-12(17)9-14(11(3)4)15(13)16(5,6)7;1-16(2,3)15-13(10-4-5-10)8-12(17)9-14(15)11-6-7-11;1-10(2)13-8-12(17)9-14(11(3)4)15(13)16(5,6)7;1-16(2,3)15-9-13(11-4-5-11)8-14(10-15)12-6-7-12/h8-9,11-12H,1-7H3;8-11H,1-7H3;8-11H,4-7H2,1-3H3;8-11H,1-7H3;8-12H,4-7H2,1-3H3. The van der Waals surface area contributed by atoms with Gasteiger partial charge >= 0.3 is 0 Å². The van der Waals surface area contributed by atoms with Gasteiger partial charge in [0.15, 0.2) is 0 Å². The second-order valence-corrected chi connectivity index (χ2v) is 33.6. The van der Waals surface area contributed by atoms with Gasteiger partial charge in [0.2, 0.25) is 0 Å². The Balaban J connectivity index is 0.000000194. The molecule has 9 rings (SSSR count). The molecule has 0 heterocycles. The van der Waals surface area contributed by atoms with E-state index in [1.165, 1.54) is 107 Å². The summed E-state index contributed by atoms with van der Waals surface area (Å²) in [6.07, 6.45) is 10.6. The van der Waals surface area contributed by atoms with Crippen molar-refractivity contribution in [3.8, 4) is 6.07 Å². The Morgan fingerprint density at radius 1 is 0.353 bits per heavy atom. The van der Waals surface area contributed by atoms with E-state index in [1.54, 1.807) is 41.0 Å². The van der Waals surface area contributed by atoms with Gasteiger partial charge in [-0.2, -0.15) is 5.26 Å². The molecule has 1 nitrogen and oxygen atoms in total. The third-order valence-corrected chi connectivity index (χ3v) is 17.7. The lowest BCUT2D eigenvalue weighted by Crippen LogP contribution is -2.19. The Labute approximate surface area is 525 Å². The van der Waals surface area contributed by atoms with Gasteiger partial charge in [-0.3, -0.25) is 0 Å². The molecule has 0 bridgehead atoms. The van der Waals surface area contributed by atoms with Crippen molar-refractivity contribution in [1.82, 2.24) is 0 Å². The fourth-order valence-electron chi connectivity index (χ4n) is 12.7. The van der Waals surface area contributed by atoms with Crippen molar-refractivity contribution in [2.75, 3.05) is 0 Å². The van der Waals surface area contributed by atoms with Gasteiger partial charge in [0.25, 0.3) is 0 Å². The lowest BCUT2D eigenvalue weighted by molar-refractivity contribution is 0.552. The first kappa shape index (κ1) is 71.5. The minimum Gasteiger partial charge on any atom is -0.207 e. The molecule has 0 aromatic heterocycles. The minimum atomic E-state index is -0.106. The monoisotopic (exact) mass is 1180 g/mol. The molecule has 5 aromatic rings. The number of nitrogens with zero attached hydrogens (tertiary/aromatic N) is 1. The number of benzene rings is 5. The molecule has 0 spiro atoms. The molecule has 4 saturated carbocycles. The van der Waals surface area contributed by atoms with Crippen LogP contribution < -0.4 is 0 Å². The third kappa shape index (κ3) is 19.9. The topological polar surface area (TPSA) is 23.8 Å². The molecular weight excluding hydrogens is 1060 g/mol. The Morgan fingerprint density at radius 2 is 0.612 bits per heavy atom. The summed E-state index contributed by atoms with van der Waals surface area (Å²) in [6.45, 7) is 60.3. The number of hydrogen-bond acceptors (Lipinski definition) is 1. The van der Waals surface area contributed by atoms with Crippen molar-refractivity contribution in [3.05, 3.63) is 172 Å². The molecule has 85 heavy (non-hydrogen) atoms. The van der Waals surface area contributed by atoms with E-state index in [4.69, 9.17) is 11.6 Å². The maximum atomic E-state index is 13.8. The Hall–Kier alpha value is -4.26. The van der Waals surface area contributed by atoms with E-state index in [0.717, 1.165) is 33.5 Å². The van der Waals surface area contributed by atoms with Crippen molar-refractivity contribution < 1.29 is 8.78 Å². The number of rotatable bonds is 10. The van der Waals surface area contributed by atoms with Gasteiger partial charge < -0.3 is 0 Å². The highest BCUT2D eigenvalue weighted by Crippen LogP contribution is 2.52. The van der Waals surface area contributed by atoms with Crippen LogP contribution in [0.3, 0.4) is 0 Å². The van der Waals surface area contributed by atoms with Crippen LogP contribution in [0.5, 0.6) is 0 Å². The molecule has 4 heteroatoms. The van der Waals surface area contributed by atoms with Gasteiger partial charge in [-0.15, -0.1) is 0 Å². The van der Waals surface area contributed by atoms with Crippen molar-refractivity contribution >= 4 is 11.6 Å². The molecule has 0 amide bonds. The first-order valence-corrected chi connectivity index (χ1v) is 33.6. The average molecular weight is 1180 g/mol. The quantitative estimate of drug-likeness (QED) is 0.137. The van der Waals surface area contributed by atoms with Crippen molar-refractivity contribution in [2.45, 2.75) is 325 Å². The van der Waals surface area contributed by atoms with Crippen LogP contribution in [0.15, 0.2) is 66.7 Å². The highest BCUT2D eigenvalue weighted by atomic mass is 35.5. The van der Waals surface area contributed by atoms with E-state index in [2.05, 4.69) is 235 Å². The van der Waals surface area contributed by atoms with Crippen LogP contribution in [0, 0.1) is 23.0 Å². The molecule has 0 radical (unpaired) electrons. The number of nitriles is 1. The van der Waals surface area contributed by atoms with Crippen LogP contribution in [-0.2, 0) is 27.1 Å². The molecule has 0 aliphatic heterocycles. The predicted molar refractivity (Wildman–Crippen MR) is 368 cm³/mol. The average Bonchev–Trinajstić information content (AvgIpc) is 4.15. The largest absolute Gasteiger partial charge is 0.207 e. The SMILES string of the molecule is CC(C)(C)c1c(C2CC2)cc(F)cc1C1CC1.CC(C)(C)c1cc(C2CC2)cc(C2CC2)c1.CC(C)c1cc(C#N)cc(C(C)C)c1C(C)(C)C.CC(C)c1cc(Cl)cc(C(C)C)c1C(C)(C)C.CC(C)c1cc(F)cc(C(C)C)c1C(C)(C)C. The molecule has 0 atom stereocenters. The van der Waals surface area contributed by atoms with Gasteiger partial charge in [0, 0.05) is 5.02 Å². The second kappa shape index (κ2) is 28.1. The summed E-state index contributed by atoms with van der Waals surface area (Å²) in [6, 6.07) is 25.1. The Kier molecular flexibility index (Phi) is 23.6. The number of halogens is 3. The third-order valence-electron chi connectivity index (χ3n) is 17.5. The highest BCUT2D eigenvalue weighted by Gasteiger charge is 2.37. The summed E-state index contributed by atoms with van der Waals surface area (Å²) in [5, 5.41) is 10.1. The van der Waals surface area contributed by atoms with Crippen LogP contribution in [0.2, 0.25) is 5.02 Å². The molecule has 0 unspecified atom stereocenters. The van der Waals surface area contributed by atoms with E-state index < -0.39 is 0 Å². The summed E-state index contributed by atoms with van der Waals surface area (Å²) in [5.74, 6) is 5.56. The lowest BCUT2D eigenvalue weighted by Gasteiger charge is -2.30. The Bertz CT molecular complexity index is 2760. The van der Waals surface area contributed by atoms with Gasteiger partial charge in [-0.25, -0.2) is 8.78 Å². The maximum Gasteiger partial charge on any atom is 0.123 e. The van der Waals surface area contributed by atoms with Crippen LogP contribution >= 0.6 is 11.6 Å². The maximum absolute atomic E-state index is 13.8. The molecule has 4 fully saturated rings. The normalized spacial score (nSPS) is 15.7. The van der Waals surface area contributed by atoms with Crippen LogP contribution in [0.25, 0.3) is 0 Å². The summed E-state index contributed by atoms with van der Waals surface area (Å²) in [4.78, 5) is 0. The van der Waals surface area contributed by atoms with Crippen LogP contribution in [0.1, 0.15) is 387 Å². The molecule has 4 aliphatic rings. The van der Waals surface area contributed by atoms with Gasteiger partial charge in [0.1, 0.15) is 11.6 Å². The van der Waals surface area contributed by atoms with Crippen molar-refractivity contribution in [2.24, 2.45) is 0 Å². The molecule has 4 aliphatic carbocycles. The molecular formula is C81H118ClF2N. The molecule has 468 valence electrons. The fourth-order valence-corrected chi connectivity index (χ4v) is 13.0. The predicted octanol–water partition coefficient (Wildman–Crippen LogP) is 26.0. The van der Waals surface area contributed by atoms with E-state index in [1.807, 2.05) is 0 Å². The van der Waals surface area contributed by atoms with Crippen molar-refractivity contribution in [3.63, 3.8) is 0 Å². The zero-order chi connectivity index (χ0) is 64.4. The van der Waals surface area contributed by atoms with Crippen LogP contribution in [0.4, 0.5) is 8.78 Å². The molecule has 0 N–H and O–H groups in total. The highest BCUT2D eigenvalue weighted by molar-refractivity contribution is 6.30.